The molecule has 0 fully saturated rings. The Hall–Kier alpha value is -3.88. The molecule has 2 atom stereocenters. The van der Waals surface area contributed by atoms with Gasteiger partial charge in [-0.15, -0.1) is 0 Å². The number of aliphatic carboxylic acids is 1. The van der Waals surface area contributed by atoms with Crippen molar-refractivity contribution in [3.05, 3.63) is 64.7 Å². The second kappa shape index (κ2) is 17.3. The van der Waals surface area contributed by atoms with Gasteiger partial charge in [-0.3, -0.25) is 14.4 Å². The summed E-state index contributed by atoms with van der Waals surface area (Å²) in [7, 11) is 0. The maximum absolute atomic E-state index is 13.8. The van der Waals surface area contributed by atoms with Gasteiger partial charge in [-0.1, -0.05) is 43.2 Å². The van der Waals surface area contributed by atoms with Crippen molar-refractivity contribution in [3.8, 4) is 5.75 Å². The fraction of sp³-hybridized carbons (Fsp3) is 0.529. The summed E-state index contributed by atoms with van der Waals surface area (Å²) in [6, 6.07) is 12.3. The van der Waals surface area contributed by atoms with Gasteiger partial charge in [0.2, 0.25) is 5.91 Å². The van der Waals surface area contributed by atoms with E-state index in [0.717, 1.165) is 29.5 Å². The topological polar surface area (TPSA) is 142 Å². The molecule has 0 saturated carbocycles. The fourth-order valence-electron chi connectivity index (χ4n) is 5.04. The third-order valence-corrected chi connectivity index (χ3v) is 7.21. The molecular weight excluding hydrogens is 548 g/mol. The summed E-state index contributed by atoms with van der Waals surface area (Å²) >= 11 is 0. The number of ether oxygens (including phenoxy) is 1. The number of benzene rings is 2. The number of unbranched alkanes of at least 4 members (excludes halogenated alkanes) is 2. The Morgan fingerprint density at radius 2 is 1.58 bits per heavy atom. The molecule has 0 radical (unpaired) electrons. The lowest BCUT2D eigenvalue weighted by atomic mass is 9.88. The molecule has 0 aromatic heterocycles. The molecule has 2 amide bonds. The van der Waals surface area contributed by atoms with Gasteiger partial charge in [0, 0.05) is 31.7 Å². The van der Waals surface area contributed by atoms with Crippen LogP contribution in [0.1, 0.15) is 88.0 Å². The van der Waals surface area contributed by atoms with E-state index in [1.54, 1.807) is 32.9 Å². The molecular formula is C34H48N2O7. The molecule has 2 rings (SSSR count). The van der Waals surface area contributed by atoms with Crippen LogP contribution in [-0.2, 0) is 32.0 Å². The van der Waals surface area contributed by atoms with Crippen molar-refractivity contribution in [1.29, 1.82) is 0 Å². The van der Waals surface area contributed by atoms with Crippen molar-refractivity contribution in [3.63, 3.8) is 0 Å². The van der Waals surface area contributed by atoms with Crippen LogP contribution in [0.5, 0.6) is 5.75 Å². The first-order valence-electron chi connectivity index (χ1n) is 15.1. The van der Waals surface area contributed by atoms with Gasteiger partial charge in [0.1, 0.15) is 11.4 Å². The number of phenols is 1. The minimum atomic E-state index is -0.947. The minimum Gasteiger partial charge on any atom is -0.508 e. The molecule has 9 nitrogen and oxygen atoms in total. The number of carboxylic acids is 1. The van der Waals surface area contributed by atoms with Crippen molar-refractivity contribution >= 4 is 23.8 Å². The molecule has 2 aromatic carbocycles. The van der Waals surface area contributed by atoms with Crippen LogP contribution in [-0.4, -0.2) is 52.2 Å². The van der Waals surface area contributed by atoms with Crippen LogP contribution < -0.4 is 10.6 Å². The molecule has 0 spiro atoms. The van der Waals surface area contributed by atoms with E-state index in [1.165, 1.54) is 5.56 Å². The SMILES string of the molecule is Cc1cc(O)cc(C)c1C[C@H](NC(=O)OC(C)(C)C)C(=O)C[C@H](CCCCCC(=O)O)C(=O)NCCCc1ccccc1. The number of hydrogen-bond donors (Lipinski definition) is 4. The number of Topliss-reactive ketones (excluding diaryl/α,β-unsaturated/α-hetero) is 1. The maximum atomic E-state index is 13.8. The van der Waals surface area contributed by atoms with Crippen LogP contribution in [0.2, 0.25) is 0 Å². The van der Waals surface area contributed by atoms with E-state index in [2.05, 4.69) is 10.6 Å². The van der Waals surface area contributed by atoms with Crippen molar-refractivity contribution < 1.29 is 34.1 Å². The predicted octanol–water partition coefficient (Wildman–Crippen LogP) is 5.80. The van der Waals surface area contributed by atoms with Crippen LogP contribution in [0.4, 0.5) is 4.79 Å². The van der Waals surface area contributed by atoms with E-state index < -0.39 is 29.6 Å². The molecule has 0 aliphatic carbocycles. The zero-order valence-electron chi connectivity index (χ0n) is 26.2. The van der Waals surface area contributed by atoms with E-state index in [0.29, 0.717) is 32.2 Å². The Balaban J connectivity index is 2.17. The number of carbonyl (C=O) groups is 4. The molecule has 0 aliphatic rings. The van der Waals surface area contributed by atoms with Crippen LogP contribution in [0.25, 0.3) is 0 Å². The van der Waals surface area contributed by atoms with Gasteiger partial charge in [-0.25, -0.2) is 4.79 Å². The molecule has 2 aromatic rings. The van der Waals surface area contributed by atoms with Gasteiger partial charge in [-0.05, 0) is 94.7 Å². The molecule has 0 heterocycles. The maximum Gasteiger partial charge on any atom is 0.408 e. The van der Waals surface area contributed by atoms with Crippen molar-refractivity contribution in [2.24, 2.45) is 5.92 Å². The highest BCUT2D eigenvalue weighted by Gasteiger charge is 2.30. The normalized spacial score (nSPS) is 12.7. The monoisotopic (exact) mass is 596 g/mol. The van der Waals surface area contributed by atoms with E-state index in [1.807, 2.05) is 44.2 Å². The largest absolute Gasteiger partial charge is 0.508 e. The predicted molar refractivity (Wildman–Crippen MR) is 166 cm³/mol. The number of phenolic OH excluding ortho intramolecular Hbond substituents is 1. The smallest absolute Gasteiger partial charge is 0.408 e. The van der Waals surface area contributed by atoms with Crippen LogP contribution in [0, 0.1) is 19.8 Å². The number of carbonyl (C=O) groups excluding carboxylic acids is 3. The number of nitrogens with one attached hydrogen (secondary N) is 2. The van der Waals surface area contributed by atoms with Crippen molar-refractivity contribution in [1.82, 2.24) is 10.6 Å². The highest BCUT2D eigenvalue weighted by molar-refractivity contribution is 5.92. The molecule has 0 aliphatic heterocycles. The number of rotatable bonds is 17. The minimum absolute atomic E-state index is 0.0580. The lowest BCUT2D eigenvalue weighted by molar-refractivity contribution is -0.137. The van der Waals surface area contributed by atoms with Gasteiger partial charge in [0.25, 0.3) is 0 Å². The van der Waals surface area contributed by atoms with E-state index in [9.17, 15) is 24.3 Å². The summed E-state index contributed by atoms with van der Waals surface area (Å²) in [5.74, 6) is -1.90. The Bertz CT molecular complexity index is 1200. The highest BCUT2D eigenvalue weighted by Crippen LogP contribution is 2.24. The average molecular weight is 597 g/mol. The average Bonchev–Trinajstić information content (AvgIpc) is 2.90. The Labute approximate surface area is 255 Å². The summed E-state index contributed by atoms with van der Waals surface area (Å²) in [6.07, 6.45) is 3.14. The number of alkyl carbamates (subject to hydrolysis) is 1. The summed E-state index contributed by atoms with van der Waals surface area (Å²) < 4.78 is 5.43. The van der Waals surface area contributed by atoms with Gasteiger partial charge in [-0.2, -0.15) is 0 Å². The van der Waals surface area contributed by atoms with Gasteiger partial charge < -0.3 is 25.6 Å². The fourth-order valence-corrected chi connectivity index (χ4v) is 5.04. The van der Waals surface area contributed by atoms with E-state index >= 15 is 0 Å². The molecule has 0 unspecified atom stereocenters. The first-order valence-corrected chi connectivity index (χ1v) is 15.1. The second-order valence-electron chi connectivity index (χ2n) is 12.2. The molecule has 0 bridgehead atoms. The number of hydrogen-bond acceptors (Lipinski definition) is 6. The number of aromatic hydroxyl groups is 1. The van der Waals surface area contributed by atoms with Crippen molar-refractivity contribution in [2.45, 2.75) is 104 Å². The Kier molecular flexibility index (Phi) is 14.2. The molecule has 9 heteroatoms. The second-order valence-corrected chi connectivity index (χ2v) is 12.2. The Morgan fingerprint density at radius 3 is 2.19 bits per heavy atom. The van der Waals surface area contributed by atoms with Crippen LogP contribution >= 0.6 is 0 Å². The van der Waals surface area contributed by atoms with Crippen molar-refractivity contribution in [2.75, 3.05) is 6.54 Å². The molecule has 236 valence electrons. The zero-order valence-corrected chi connectivity index (χ0v) is 26.2. The van der Waals surface area contributed by atoms with E-state index in [4.69, 9.17) is 9.84 Å². The Morgan fingerprint density at radius 1 is 0.930 bits per heavy atom. The lowest BCUT2D eigenvalue weighted by Gasteiger charge is -2.25. The number of ketones is 1. The molecule has 43 heavy (non-hydrogen) atoms. The summed E-state index contributed by atoms with van der Waals surface area (Å²) in [4.78, 5) is 50.7. The van der Waals surface area contributed by atoms with Gasteiger partial charge in [0.05, 0.1) is 6.04 Å². The third kappa shape index (κ3) is 13.8. The number of carboxylic acid groups (broad SMARTS) is 1. The summed E-state index contributed by atoms with van der Waals surface area (Å²) in [5, 5.41) is 24.6. The summed E-state index contributed by atoms with van der Waals surface area (Å²) in [5.41, 5.74) is 2.81. The molecule has 0 saturated heterocycles. The lowest BCUT2D eigenvalue weighted by Crippen LogP contribution is -2.46. The first-order chi connectivity index (χ1) is 20.2. The van der Waals surface area contributed by atoms with Crippen LogP contribution in [0.15, 0.2) is 42.5 Å². The molecule has 4 N–H and O–H groups in total. The van der Waals surface area contributed by atoms with Gasteiger partial charge in [0.15, 0.2) is 5.78 Å². The number of aryl methyl sites for hydroxylation is 3. The quantitative estimate of drug-likeness (QED) is 0.169. The highest BCUT2D eigenvalue weighted by atomic mass is 16.6. The third-order valence-electron chi connectivity index (χ3n) is 7.21. The number of amides is 2. The van der Waals surface area contributed by atoms with E-state index in [-0.39, 0.29) is 36.7 Å². The van der Waals surface area contributed by atoms with Gasteiger partial charge >= 0.3 is 12.1 Å². The standard InChI is InChI=1S/C34H48N2O7/c1-23-19-27(37)20-24(2)28(23)22-29(36-33(42)43-34(3,4)5)30(38)21-26(16-10-7-11-17-31(39)40)32(41)35-18-12-15-25-13-8-6-9-14-25/h6,8-9,13-14,19-20,26,29,37H,7,10-12,15-18,21-22H2,1-5H3,(H,35,41)(H,36,42)(H,39,40)/t26-,29-/m0/s1. The van der Waals surface area contributed by atoms with Crippen LogP contribution in [0.3, 0.4) is 0 Å². The zero-order chi connectivity index (χ0) is 32.0. The summed E-state index contributed by atoms with van der Waals surface area (Å²) in [6.45, 7) is 9.34. The first kappa shape index (κ1) is 35.3.